The van der Waals surface area contributed by atoms with Crippen molar-refractivity contribution in [2.45, 2.75) is 70.9 Å². The van der Waals surface area contributed by atoms with E-state index in [4.69, 9.17) is 4.74 Å². The number of morpholine rings is 1. The van der Waals surface area contributed by atoms with Crippen molar-refractivity contribution in [3.05, 3.63) is 35.9 Å². The minimum absolute atomic E-state index is 0. The average molecular weight is 544 g/mol. The highest BCUT2D eigenvalue weighted by molar-refractivity contribution is 14.0. The maximum atomic E-state index is 5.90. The Kier molecular flexibility index (Phi) is 10.5. The van der Waals surface area contributed by atoms with Crippen molar-refractivity contribution < 1.29 is 4.74 Å². The zero-order chi connectivity index (χ0) is 21.6. The molecule has 2 aliphatic rings. The van der Waals surface area contributed by atoms with Crippen LogP contribution < -0.4 is 10.6 Å². The van der Waals surface area contributed by atoms with E-state index in [-0.39, 0.29) is 41.7 Å². The average Bonchev–Trinajstić information content (AvgIpc) is 2.72. The molecule has 0 spiro atoms. The molecule has 0 radical (unpaired) electrons. The molecule has 2 aliphatic heterocycles. The van der Waals surface area contributed by atoms with Crippen molar-refractivity contribution in [3.63, 3.8) is 0 Å². The summed E-state index contributed by atoms with van der Waals surface area (Å²) in [7, 11) is 1.87. The van der Waals surface area contributed by atoms with Gasteiger partial charge in [0.05, 0.1) is 12.2 Å². The standard InChI is InChI=1S/C24H41N5O.HI/c1-19-15-29(16-20(2)30-19)24(3,4)18-26-23(25-5)27-22-11-13-28(14-12-22)17-21-9-7-6-8-10-21;/h6-10,19-20,22H,11-18H2,1-5H3,(H2,25,26,27);1H. The third-order valence-corrected chi connectivity index (χ3v) is 6.37. The number of rotatable bonds is 6. The van der Waals surface area contributed by atoms with Gasteiger partial charge in [-0.3, -0.25) is 14.8 Å². The molecule has 2 unspecified atom stereocenters. The first-order valence-corrected chi connectivity index (χ1v) is 11.5. The summed E-state index contributed by atoms with van der Waals surface area (Å²) in [5.41, 5.74) is 1.44. The smallest absolute Gasteiger partial charge is 0.191 e. The summed E-state index contributed by atoms with van der Waals surface area (Å²) >= 11 is 0. The molecule has 2 N–H and O–H groups in total. The first-order valence-electron chi connectivity index (χ1n) is 11.5. The Labute approximate surface area is 206 Å². The summed E-state index contributed by atoms with van der Waals surface area (Å²) in [4.78, 5) is 9.57. The SMILES string of the molecule is CN=C(NCC(C)(C)N1CC(C)OC(C)C1)NC1CCN(Cc2ccccc2)CC1.I. The monoisotopic (exact) mass is 543 g/mol. The lowest BCUT2D eigenvalue weighted by Gasteiger charge is -2.45. The fourth-order valence-electron chi connectivity index (χ4n) is 4.55. The molecule has 0 aliphatic carbocycles. The quantitative estimate of drug-likeness (QED) is 0.328. The van der Waals surface area contributed by atoms with Gasteiger partial charge in [0.1, 0.15) is 0 Å². The predicted octanol–water partition coefficient (Wildman–Crippen LogP) is 3.32. The van der Waals surface area contributed by atoms with Gasteiger partial charge in [-0.25, -0.2) is 0 Å². The summed E-state index contributed by atoms with van der Waals surface area (Å²) in [5, 5.41) is 7.23. The molecule has 1 aromatic carbocycles. The minimum Gasteiger partial charge on any atom is -0.373 e. The Morgan fingerprint density at radius 1 is 1.10 bits per heavy atom. The van der Waals surface area contributed by atoms with Crippen LogP contribution in [0.4, 0.5) is 0 Å². The summed E-state index contributed by atoms with van der Waals surface area (Å²) in [6.45, 7) is 15.0. The zero-order valence-electron chi connectivity index (χ0n) is 19.9. The van der Waals surface area contributed by atoms with E-state index >= 15 is 0 Å². The number of hydrogen-bond donors (Lipinski definition) is 2. The van der Waals surface area contributed by atoms with E-state index in [9.17, 15) is 0 Å². The van der Waals surface area contributed by atoms with Gasteiger partial charge < -0.3 is 15.4 Å². The lowest BCUT2D eigenvalue weighted by molar-refractivity contribution is -0.0946. The number of likely N-dealkylation sites (tertiary alicyclic amines) is 1. The highest BCUT2D eigenvalue weighted by atomic mass is 127. The van der Waals surface area contributed by atoms with Gasteiger partial charge in [0.2, 0.25) is 0 Å². The highest BCUT2D eigenvalue weighted by Gasteiger charge is 2.33. The van der Waals surface area contributed by atoms with Crippen LogP contribution in [-0.4, -0.2) is 79.3 Å². The number of nitrogens with zero attached hydrogens (tertiary/aromatic N) is 3. The number of aliphatic imine (C=N–C) groups is 1. The van der Waals surface area contributed by atoms with Crippen LogP contribution >= 0.6 is 24.0 Å². The molecule has 0 amide bonds. The number of guanidine groups is 1. The van der Waals surface area contributed by atoms with Crippen LogP contribution in [0.5, 0.6) is 0 Å². The van der Waals surface area contributed by atoms with Gasteiger partial charge in [-0.2, -0.15) is 0 Å². The molecular weight excluding hydrogens is 501 g/mol. The molecule has 0 aromatic heterocycles. The second kappa shape index (κ2) is 12.4. The van der Waals surface area contributed by atoms with Crippen LogP contribution in [0.15, 0.2) is 35.3 Å². The third kappa shape index (κ3) is 8.18. The maximum absolute atomic E-state index is 5.90. The highest BCUT2D eigenvalue weighted by Crippen LogP contribution is 2.20. The molecule has 176 valence electrons. The summed E-state index contributed by atoms with van der Waals surface area (Å²) in [5.74, 6) is 0.916. The van der Waals surface area contributed by atoms with Crippen molar-refractivity contribution in [3.8, 4) is 0 Å². The fraction of sp³-hybridized carbons (Fsp3) is 0.708. The summed E-state index contributed by atoms with van der Waals surface area (Å²) in [6, 6.07) is 11.2. The summed E-state index contributed by atoms with van der Waals surface area (Å²) < 4.78 is 5.90. The van der Waals surface area contributed by atoms with E-state index in [0.29, 0.717) is 6.04 Å². The summed E-state index contributed by atoms with van der Waals surface area (Å²) in [6.07, 6.45) is 2.86. The number of ether oxygens (including phenoxy) is 1. The first kappa shape index (κ1) is 26.4. The van der Waals surface area contributed by atoms with E-state index in [1.807, 2.05) is 7.05 Å². The Bertz CT molecular complexity index is 666. The molecule has 0 saturated carbocycles. The van der Waals surface area contributed by atoms with Crippen LogP contribution in [0.1, 0.15) is 46.1 Å². The largest absolute Gasteiger partial charge is 0.373 e. The molecule has 2 atom stereocenters. The molecule has 0 bridgehead atoms. The molecular formula is C24H42IN5O. The number of nitrogens with one attached hydrogen (secondary N) is 2. The molecule has 6 nitrogen and oxygen atoms in total. The lowest BCUT2D eigenvalue weighted by atomic mass is 10.00. The molecule has 3 rings (SSSR count). The van der Waals surface area contributed by atoms with Crippen molar-refractivity contribution in [2.24, 2.45) is 4.99 Å². The first-order chi connectivity index (χ1) is 14.4. The third-order valence-electron chi connectivity index (χ3n) is 6.37. The zero-order valence-corrected chi connectivity index (χ0v) is 22.3. The molecule has 1 aromatic rings. The van der Waals surface area contributed by atoms with E-state index < -0.39 is 0 Å². The lowest BCUT2D eigenvalue weighted by Crippen LogP contribution is -2.60. The van der Waals surface area contributed by atoms with Gasteiger partial charge >= 0.3 is 0 Å². The minimum atomic E-state index is 0. The molecule has 2 saturated heterocycles. The maximum Gasteiger partial charge on any atom is 0.191 e. The van der Waals surface area contributed by atoms with Gasteiger partial charge in [-0.15, -0.1) is 24.0 Å². The number of halogens is 1. The van der Waals surface area contributed by atoms with Gasteiger partial charge in [0.15, 0.2) is 5.96 Å². The van der Waals surface area contributed by atoms with E-state index in [1.165, 1.54) is 5.56 Å². The van der Waals surface area contributed by atoms with Crippen LogP contribution in [0.3, 0.4) is 0 Å². The van der Waals surface area contributed by atoms with Gasteiger partial charge in [0, 0.05) is 57.9 Å². The topological polar surface area (TPSA) is 52.1 Å². The predicted molar refractivity (Wildman–Crippen MR) is 140 cm³/mol. The Morgan fingerprint density at radius 2 is 1.71 bits per heavy atom. The van der Waals surface area contributed by atoms with Crippen LogP contribution in [0.25, 0.3) is 0 Å². The van der Waals surface area contributed by atoms with Crippen molar-refractivity contribution in [1.29, 1.82) is 0 Å². The van der Waals surface area contributed by atoms with Crippen molar-refractivity contribution in [2.75, 3.05) is 39.8 Å². The van der Waals surface area contributed by atoms with Crippen LogP contribution in [-0.2, 0) is 11.3 Å². The van der Waals surface area contributed by atoms with Gasteiger partial charge in [-0.05, 0) is 46.1 Å². The molecule has 7 heteroatoms. The molecule has 2 heterocycles. The van der Waals surface area contributed by atoms with E-state index in [0.717, 1.165) is 58.1 Å². The molecule has 2 fully saturated rings. The van der Waals surface area contributed by atoms with Gasteiger partial charge in [0.25, 0.3) is 0 Å². The van der Waals surface area contributed by atoms with Crippen molar-refractivity contribution >= 4 is 29.9 Å². The van der Waals surface area contributed by atoms with Crippen molar-refractivity contribution in [1.82, 2.24) is 20.4 Å². The second-order valence-electron chi connectivity index (χ2n) is 9.58. The van der Waals surface area contributed by atoms with Crippen LogP contribution in [0, 0.1) is 0 Å². The second-order valence-corrected chi connectivity index (χ2v) is 9.58. The Balaban J connectivity index is 0.00000341. The number of benzene rings is 1. The number of hydrogen-bond acceptors (Lipinski definition) is 4. The Hall–Kier alpha value is -0.900. The Morgan fingerprint density at radius 3 is 2.29 bits per heavy atom. The normalized spacial score (nSPS) is 24.5. The van der Waals surface area contributed by atoms with Crippen LogP contribution in [0.2, 0.25) is 0 Å². The number of piperidine rings is 1. The molecule has 31 heavy (non-hydrogen) atoms. The van der Waals surface area contributed by atoms with Gasteiger partial charge in [-0.1, -0.05) is 30.3 Å². The fourth-order valence-corrected chi connectivity index (χ4v) is 4.55. The van der Waals surface area contributed by atoms with E-state index in [1.54, 1.807) is 0 Å². The van der Waals surface area contributed by atoms with E-state index in [2.05, 4.69) is 83.5 Å².